The van der Waals surface area contributed by atoms with E-state index in [9.17, 15) is 15.3 Å². The van der Waals surface area contributed by atoms with Gasteiger partial charge >= 0.3 is 0 Å². The van der Waals surface area contributed by atoms with Crippen molar-refractivity contribution in [1.29, 1.82) is 0 Å². The molecule has 6 heteroatoms. The lowest BCUT2D eigenvalue weighted by Gasteiger charge is -2.45. The average molecular weight is 405 g/mol. The first-order valence-corrected chi connectivity index (χ1v) is 9.99. The van der Waals surface area contributed by atoms with Gasteiger partial charge in [-0.25, -0.2) is 0 Å². The van der Waals surface area contributed by atoms with Gasteiger partial charge < -0.3 is 24.8 Å². The zero-order valence-corrected chi connectivity index (χ0v) is 16.7. The highest BCUT2D eigenvalue weighted by Crippen LogP contribution is 2.47. The summed E-state index contributed by atoms with van der Waals surface area (Å²) in [4.78, 5) is 0. The van der Waals surface area contributed by atoms with E-state index < -0.39 is 30.2 Å². The van der Waals surface area contributed by atoms with Gasteiger partial charge in [0.15, 0.2) is 0 Å². The summed E-state index contributed by atoms with van der Waals surface area (Å²) >= 11 is 6.51. The van der Waals surface area contributed by atoms with Crippen LogP contribution in [0.5, 0.6) is 0 Å². The molecule has 0 radical (unpaired) electrons. The molecule has 0 aromatic heterocycles. The minimum absolute atomic E-state index is 0.213. The molecular formula is C22H25ClO5. The summed E-state index contributed by atoms with van der Waals surface area (Å²) in [5.41, 5.74) is 4.84. The molecule has 1 unspecified atom stereocenters. The molecule has 0 amide bonds. The number of hydrogen-bond donors (Lipinski definition) is 3. The Hall–Kier alpha value is -1.47. The molecule has 2 aliphatic heterocycles. The van der Waals surface area contributed by atoms with Crippen LogP contribution in [0, 0.1) is 0 Å². The van der Waals surface area contributed by atoms with Crippen LogP contribution < -0.4 is 0 Å². The fraction of sp³-hybridized carbons (Fsp3) is 0.455. The van der Waals surface area contributed by atoms with Crippen LogP contribution in [0.3, 0.4) is 0 Å². The van der Waals surface area contributed by atoms with Crippen LogP contribution >= 0.6 is 11.6 Å². The summed E-state index contributed by atoms with van der Waals surface area (Å²) < 4.78 is 11.8. The van der Waals surface area contributed by atoms with Crippen molar-refractivity contribution in [2.75, 3.05) is 0 Å². The van der Waals surface area contributed by atoms with Crippen molar-refractivity contribution in [3.8, 4) is 0 Å². The SMILES string of the molecule is CCc1ccc(Cc2c(Cl)ccc3c2COC32O[C@H](C)[C@@H](O)[C@H](O)[C@H]2O)cc1. The lowest BCUT2D eigenvalue weighted by molar-refractivity contribution is -0.362. The molecular weight excluding hydrogens is 380 g/mol. The topological polar surface area (TPSA) is 79.2 Å². The first-order chi connectivity index (χ1) is 13.4. The van der Waals surface area contributed by atoms with Crippen LogP contribution in [0.2, 0.25) is 5.02 Å². The highest BCUT2D eigenvalue weighted by Gasteiger charge is 2.57. The van der Waals surface area contributed by atoms with E-state index in [1.165, 1.54) is 5.56 Å². The highest BCUT2D eigenvalue weighted by atomic mass is 35.5. The van der Waals surface area contributed by atoms with Crippen LogP contribution in [-0.2, 0) is 34.7 Å². The first-order valence-electron chi connectivity index (χ1n) is 9.62. The van der Waals surface area contributed by atoms with Crippen LogP contribution in [0.25, 0.3) is 0 Å². The van der Waals surface area contributed by atoms with Gasteiger partial charge in [-0.3, -0.25) is 0 Å². The predicted molar refractivity (Wildman–Crippen MR) is 105 cm³/mol. The molecule has 4 rings (SSSR count). The fourth-order valence-electron chi connectivity index (χ4n) is 4.15. The second-order valence-electron chi connectivity index (χ2n) is 7.60. The zero-order valence-electron chi connectivity index (χ0n) is 15.9. The number of benzene rings is 2. The van der Waals surface area contributed by atoms with E-state index in [1.807, 2.05) is 0 Å². The molecule has 3 N–H and O–H groups in total. The van der Waals surface area contributed by atoms with Crippen LogP contribution in [0.1, 0.15) is 41.7 Å². The monoisotopic (exact) mass is 404 g/mol. The molecule has 2 aromatic carbocycles. The van der Waals surface area contributed by atoms with Crippen molar-refractivity contribution in [2.45, 2.75) is 63.5 Å². The lowest BCUT2D eigenvalue weighted by Crippen LogP contribution is -2.61. The van der Waals surface area contributed by atoms with Crippen molar-refractivity contribution < 1.29 is 24.8 Å². The van der Waals surface area contributed by atoms with E-state index in [0.717, 1.165) is 23.1 Å². The van der Waals surface area contributed by atoms with E-state index in [2.05, 4.69) is 31.2 Å². The zero-order chi connectivity index (χ0) is 20.1. The van der Waals surface area contributed by atoms with Gasteiger partial charge in [-0.1, -0.05) is 48.9 Å². The van der Waals surface area contributed by atoms with Crippen molar-refractivity contribution in [3.63, 3.8) is 0 Å². The number of rotatable bonds is 3. The molecule has 0 bridgehead atoms. The maximum absolute atomic E-state index is 10.7. The molecule has 150 valence electrons. The van der Waals surface area contributed by atoms with Gasteiger partial charge in [0.2, 0.25) is 5.79 Å². The number of aliphatic hydroxyl groups is 3. The second-order valence-corrected chi connectivity index (χ2v) is 8.01. The Morgan fingerprint density at radius 2 is 1.71 bits per heavy atom. The molecule has 0 aliphatic carbocycles. The smallest absolute Gasteiger partial charge is 0.225 e. The number of halogens is 1. The van der Waals surface area contributed by atoms with Gasteiger partial charge in [-0.15, -0.1) is 0 Å². The molecule has 2 aromatic rings. The molecule has 0 saturated carbocycles. The molecule has 1 spiro atoms. The Morgan fingerprint density at radius 1 is 1.04 bits per heavy atom. The number of aliphatic hydroxyl groups excluding tert-OH is 3. The van der Waals surface area contributed by atoms with Gasteiger partial charge in [-0.2, -0.15) is 0 Å². The number of aryl methyl sites for hydroxylation is 1. The summed E-state index contributed by atoms with van der Waals surface area (Å²) in [7, 11) is 0. The maximum Gasteiger partial charge on any atom is 0.225 e. The van der Waals surface area contributed by atoms with Crippen LogP contribution in [0.15, 0.2) is 36.4 Å². The number of fused-ring (bicyclic) bond motifs is 2. The summed E-state index contributed by atoms with van der Waals surface area (Å²) in [6.45, 7) is 3.98. The van der Waals surface area contributed by atoms with Crippen molar-refractivity contribution in [3.05, 3.63) is 69.2 Å². The summed E-state index contributed by atoms with van der Waals surface area (Å²) in [5, 5.41) is 31.6. The molecule has 2 heterocycles. The van der Waals surface area contributed by atoms with E-state index in [0.29, 0.717) is 17.0 Å². The van der Waals surface area contributed by atoms with Gasteiger partial charge in [0.25, 0.3) is 0 Å². The number of ether oxygens (including phenoxy) is 2. The normalized spacial score (nSPS) is 31.9. The maximum atomic E-state index is 10.7. The molecule has 1 saturated heterocycles. The van der Waals surface area contributed by atoms with Gasteiger partial charge in [-0.05, 0) is 48.1 Å². The summed E-state index contributed by atoms with van der Waals surface area (Å²) in [6, 6.07) is 11.9. The van der Waals surface area contributed by atoms with E-state index in [1.54, 1.807) is 19.1 Å². The van der Waals surface area contributed by atoms with Crippen molar-refractivity contribution in [1.82, 2.24) is 0 Å². The standard InChI is InChI=1S/C22H25ClO5/c1-3-13-4-6-14(7-5-13)10-15-16-11-27-22(17(16)8-9-18(15)23)21(26)20(25)19(24)12(2)28-22/h4-9,12,19-21,24-26H,3,10-11H2,1-2H3/t12-,19-,20+,21-,22?/m1/s1. The van der Waals surface area contributed by atoms with Crippen LogP contribution in [-0.4, -0.2) is 39.7 Å². The molecule has 5 atom stereocenters. The number of hydrogen-bond acceptors (Lipinski definition) is 5. The average Bonchev–Trinajstić information content (AvgIpc) is 3.07. The predicted octanol–water partition coefficient (Wildman–Crippen LogP) is 2.68. The van der Waals surface area contributed by atoms with Crippen molar-refractivity contribution >= 4 is 11.6 Å². The second kappa shape index (κ2) is 7.41. The Labute approximate surface area is 169 Å². The van der Waals surface area contributed by atoms with Gasteiger partial charge in [0.1, 0.15) is 18.3 Å². The quantitative estimate of drug-likeness (QED) is 0.733. The Bertz CT molecular complexity index is 868. The summed E-state index contributed by atoms with van der Waals surface area (Å²) in [5.74, 6) is -1.50. The minimum Gasteiger partial charge on any atom is -0.388 e. The minimum atomic E-state index is -1.50. The molecule has 2 aliphatic rings. The largest absolute Gasteiger partial charge is 0.388 e. The van der Waals surface area contributed by atoms with Crippen molar-refractivity contribution in [2.24, 2.45) is 0 Å². The Kier molecular flexibility index (Phi) is 5.25. The molecule has 1 fully saturated rings. The third-order valence-corrected chi connectivity index (χ3v) is 6.25. The highest BCUT2D eigenvalue weighted by molar-refractivity contribution is 6.31. The Balaban J connectivity index is 1.73. The van der Waals surface area contributed by atoms with E-state index in [-0.39, 0.29) is 6.61 Å². The summed E-state index contributed by atoms with van der Waals surface area (Å²) in [6.07, 6.45) is -3.03. The third-order valence-electron chi connectivity index (χ3n) is 5.90. The van der Waals surface area contributed by atoms with E-state index in [4.69, 9.17) is 21.1 Å². The van der Waals surface area contributed by atoms with Gasteiger partial charge in [0.05, 0.1) is 12.7 Å². The Morgan fingerprint density at radius 3 is 2.39 bits per heavy atom. The molecule has 28 heavy (non-hydrogen) atoms. The van der Waals surface area contributed by atoms with Gasteiger partial charge in [0, 0.05) is 10.6 Å². The fourth-order valence-corrected chi connectivity index (χ4v) is 4.39. The third kappa shape index (κ3) is 3.07. The first kappa shape index (κ1) is 19.8. The lowest BCUT2D eigenvalue weighted by atomic mass is 9.86. The van der Waals surface area contributed by atoms with Crippen LogP contribution in [0.4, 0.5) is 0 Å². The van der Waals surface area contributed by atoms with E-state index >= 15 is 0 Å². The molecule has 5 nitrogen and oxygen atoms in total.